The molecule has 18 heavy (non-hydrogen) atoms. The predicted octanol–water partition coefficient (Wildman–Crippen LogP) is 3.53. The first-order chi connectivity index (χ1) is 8.17. The predicted molar refractivity (Wildman–Crippen MR) is 82.0 cm³/mol. The van der Waals surface area contributed by atoms with Gasteiger partial charge in [0.25, 0.3) is 16.6 Å². The van der Waals surface area contributed by atoms with Gasteiger partial charge >= 0.3 is 0 Å². The summed E-state index contributed by atoms with van der Waals surface area (Å²) in [5, 5.41) is 8.36. The molecule has 0 fully saturated rings. The van der Waals surface area contributed by atoms with E-state index in [1.165, 1.54) is 0 Å². The van der Waals surface area contributed by atoms with Gasteiger partial charge in [0.1, 0.15) is 11.4 Å². The van der Waals surface area contributed by atoms with Crippen molar-refractivity contribution in [3.05, 3.63) is 24.3 Å². The second kappa shape index (κ2) is 5.66. The van der Waals surface area contributed by atoms with Gasteiger partial charge in [0.2, 0.25) is 0 Å². The molecular weight excluding hydrogens is 260 g/mol. The van der Waals surface area contributed by atoms with Crippen molar-refractivity contribution >= 4 is 28.1 Å². The lowest BCUT2D eigenvalue weighted by molar-refractivity contribution is 0.331. The summed E-state index contributed by atoms with van der Waals surface area (Å²) >= 11 is 0. The molecule has 0 aromatic rings. The van der Waals surface area contributed by atoms with Crippen LogP contribution < -0.4 is 0 Å². The number of rotatable bonds is 4. The van der Waals surface area contributed by atoms with Crippen molar-refractivity contribution in [3.8, 4) is 0 Å². The van der Waals surface area contributed by atoms with Crippen LogP contribution in [0.25, 0.3) is 0 Å². The zero-order valence-corrected chi connectivity index (χ0v) is 14.0. The van der Waals surface area contributed by atoms with Crippen LogP contribution in [0.15, 0.2) is 34.6 Å². The van der Waals surface area contributed by atoms with E-state index in [1.807, 2.05) is 24.3 Å². The molecule has 0 bridgehead atoms. The Morgan fingerprint density at radius 2 is 1.06 bits per heavy atom. The van der Waals surface area contributed by atoms with E-state index < -0.39 is 16.6 Å². The van der Waals surface area contributed by atoms with Gasteiger partial charge < -0.3 is 9.05 Å². The van der Waals surface area contributed by atoms with Gasteiger partial charge in [-0.1, -0.05) is 22.5 Å². The van der Waals surface area contributed by atoms with E-state index in [2.05, 4.69) is 49.6 Å². The maximum atomic E-state index is 5.55. The molecule has 1 aliphatic rings. The smallest absolute Gasteiger partial charge is 0.278 e. The SMILES string of the molecule is C[Si](C)(C)ON=C1C=CC=CC1=NO[Si](C)(C)C. The van der Waals surface area contributed by atoms with Crippen LogP contribution in [0.3, 0.4) is 0 Å². The first kappa shape index (κ1) is 14.9. The summed E-state index contributed by atoms with van der Waals surface area (Å²) in [4.78, 5) is 0. The van der Waals surface area contributed by atoms with Crippen molar-refractivity contribution in [2.75, 3.05) is 0 Å². The highest BCUT2D eigenvalue weighted by Gasteiger charge is 2.19. The molecule has 6 heteroatoms. The van der Waals surface area contributed by atoms with Gasteiger partial charge in [-0.25, -0.2) is 0 Å². The van der Waals surface area contributed by atoms with Gasteiger partial charge in [-0.05, 0) is 51.4 Å². The number of nitrogens with zero attached hydrogens (tertiary/aromatic N) is 2. The molecule has 0 N–H and O–H groups in total. The fourth-order valence-corrected chi connectivity index (χ4v) is 1.74. The quantitative estimate of drug-likeness (QED) is 0.450. The highest BCUT2D eigenvalue weighted by Crippen LogP contribution is 2.08. The van der Waals surface area contributed by atoms with Crippen LogP contribution in [0.1, 0.15) is 0 Å². The molecule has 0 aromatic heterocycles. The maximum absolute atomic E-state index is 5.55. The standard InChI is InChI=1S/C12H22N2O2Si2/c1-17(2,3)15-13-11-9-7-8-10-12(11)14-16-18(4,5)6/h7-10H,1-6H3. The zero-order valence-electron chi connectivity index (χ0n) is 12.0. The Bertz CT molecular complexity index is 373. The molecule has 1 aliphatic carbocycles. The molecule has 0 saturated carbocycles. The minimum Gasteiger partial charge on any atom is -0.455 e. The topological polar surface area (TPSA) is 43.2 Å². The zero-order chi connectivity index (χ0) is 13.8. The molecule has 0 saturated heterocycles. The van der Waals surface area contributed by atoms with E-state index in [1.54, 1.807) is 0 Å². The van der Waals surface area contributed by atoms with Crippen molar-refractivity contribution in [2.24, 2.45) is 10.3 Å². The summed E-state index contributed by atoms with van der Waals surface area (Å²) in [6, 6.07) is 0. The van der Waals surface area contributed by atoms with Crippen molar-refractivity contribution in [3.63, 3.8) is 0 Å². The van der Waals surface area contributed by atoms with Crippen LogP contribution in [-0.4, -0.2) is 28.1 Å². The fraction of sp³-hybridized carbons (Fsp3) is 0.500. The summed E-state index contributed by atoms with van der Waals surface area (Å²) in [7, 11) is -3.33. The van der Waals surface area contributed by atoms with E-state index in [0.29, 0.717) is 0 Å². The van der Waals surface area contributed by atoms with Crippen LogP contribution in [0, 0.1) is 0 Å². The highest BCUT2D eigenvalue weighted by molar-refractivity contribution is 6.70. The van der Waals surface area contributed by atoms with Gasteiger partial charge in [0.15, 0.2) is 0 Å². The highest BCUT2D eigenvalue weighted by atomic mass is 28.4. The Labute approximate surface area is 111 Å². The third kappa shape index (κ3) is 5.97. The fourth-order valence-electron chi connectivity index (χ4n) is 0.991. The van der Waals surface area contributed by atoms with Crippen LogP contribution in [0.4, 0.5) is 0 Å². The Morgan fingerprint density at radius 1 is 0.722 bits per heavy atom. The van der Waals surface area contributed by atoms with E-state index >= 15 is 0 Å². The van der Waals surface area contributed by atoms with E-state index in [4.69, 9.17) is 9.05 Å². The minimum absolute atomic E-state index is 0.721. The summed E-state index contributed by atoms with van der Waals surface area (Å²) < 4.78 is 11.1. The number of hydrogen-bond donors (Lipinski definition) is 0. The molecular formula is C12H22N2O2Si2. The second-order valence-electron chi connectivity index (χ2n) is 6.08. The monoisotopic (exact) mass is 282 g/mol. The molecule has 1 rings (SSSR count). The van der Waals surface area contributed by atoms with Crippen molar-refractivity contribution in [2.45, 2.75) is 39.3 Å². The first-order valence-electron chi connectivity index (χ1n) is 6.05. The molecule has 100 valence electrons. The Balaban J connectivity index is 2.82. The van der Waals surface area contributed by atoms with Crippen molar-refractivity contribution in [1.82, 2.24) is 0 Å². The molecule has 0 spiro atoms. The van der Waals surface area contributed by atoms with E-state index in [0.717, 1.165) is 11.4 Å². The van der Waals surface area contributed by atoms with Gasteiger partial charge in [0.05, 0.1) is 0 Å². The lowest BCUT2D eigenvalue weighted by Crippen LogP contribution is -2.26. The molecule has 0 radical (unpaired) electrons. The third-order valence-electron chi connectivity index (χ3n) is 1.72. The van der Waals surface area contributed by atoms with Crippen LogP contribution in [-0.2, 0) is 9.05 Å². The average molecular weight is 282 g/mol. The molecule has 0 unspecified atom stereocenters. The van der Waals surface area contributed by atoms with Gasteiger partial charge in [0, 0.05) is 0 Å². The summed E-state index contributed by atoms with van der Waals surface area (Å²) in [6.45, 7) is 12.6. The second-order valence-corrected chi connectivity index (χ2v) is 14.9. The van der Waals surface area contributed by atoms with Gasteiger partial charge in [-0.2, -0.15) is 0 Å². The summed E-state index contributed by atoms with van der Waals surface area (Å²) in [5.74, 6) is 0. The molecule has 4 nitrogen and oxygen atoms in total. The lowest BCUT2D eigenvalue weighted by atomic mass is 10.1. The van der Waals surface area contributed by atoms with Gasteiger partial charge in [-0.15, -0.1) is 0 Å². The molecule has 0 amide bonds. The molecule has 0 atom stereocenters. The van der Waals surface area contributed by atoms with E-state index in [-0.39, 0.29) is 0 Å². The number of hydrogen-bond acceptors (Lipinski definition) is 4. The van der Waals surface area contributed by atoms with Crippen molar-refractivity contribution < 1.29 is 9.05 Å². The first-order valence-corrected chi connectivity index (χ1v) is 12.9. The summed E-state index contributed by atoms with van der Waals surface area (Å²) in [6.07, 6.45) is 7.60. The Morgan fingerprint density at radius 3 is 1.33 bits per heavy atom. The van der Waals surface area contributed by atoms with E-state index in [9.17, 15) is 0 Å². The largest absolute Gasteiger partial charge is 0.455 e. The number of oxime groups is 2. The average Bonchev–Trinajstić information content (AvgIpc) is 2.22. The Kier molecular flexibility index (Phi) is 4.69. The maximum Gasteiger partial charge on any atom is 0.278 e. The van der Waals surface area contributed by atoms with Crippen LogP contribution >= 0.6 is 0 Å². The van der Waals surface area contributed by atoms with Crippen LogP contribution in [0.2, 0.25) is 39.3 Å². The lowest BCUT2D eigenvalue weighted by Gasteiger charge is -2.16. The minimum atomic E-state index is -1.66. The normalized spacial score (nSPS) is 20.6. The van der Waals surface area contributed by atoms with Gasteiger partial charge in [-0.3, -0.25) is 0 Å². The molecule has 0 aromatic carbocycles. The Hall–Kier alpha value is -1.15. The van der Waals surface area contributed by atoms with Crippen molar-refractivity contribution in [1.29, 1.82) is 0 Å². The molecule has 0 aliphatic heterocycles. The molecule has 0 heterocycles. The summed E-state index contributed by atoms with van der Waals surface area (Å²) in [5.41, 5.74) is 1.44. The number of allylic oxidation sites excluding steroid dienone is 4. The third-order valence-corrected chi connectivity index (χ3v) is 3.00. The van der Waals surface area contributed by atoms with Crippen LogP contribution in [0.5, 0.6) is 0 Å².